The third-order valence-electron chi connectivity index (χ3n) is 5.67. The van der Waals surface area contributed by atoms with Crippen LogP contribution in [0.25, 0.3) is 0 Å². The predicted octanol–water partition coefficient (Wildman–Crippen LogP) is 2.69. The van der Waals surface area contributed by atoms with Gasteiger partial charge in [-0.15, -0.1) is 0 Å². The Morgan fingerprint density at radius 3 is 2.82 bits per heavy atom. The lowest BCUT2D eigenvalue weighted by atomic mass is 9.61. The fourth-order valence-electron chi connectivity index (χ4n) is 4.70. The molecule has 22 heavy (non-hydrogen) atoms. The molecule has 1 saturated heterocycles. The molecular formula is C18H22O4. The van der Waals surface area contributed by atoms with Crippen LogP contribution in [0.3, 0.4) is 0 Å². The number of carbonyl (C=O) groups excluding carboxylic acids is 1. The lowest BCUT2D eigenvalue weighted by molar-refractivity contribution is -0.226. The first-order valence-electron chi connectivity index (χ1n) is 8.17. The van der Waals surface area contributed by atoms with E-state index in [4.69, 9.17) is 14.2 Å². The smallest absolute Gasteiger partial charge is 0.171 e. The van der Waals surface area contributed by atoms with Crippen molar-refractivity contribution >= 4 is 6.29 Å². The first kappa shape index (κ1) is 14.2. The number of hydrogen-bond donors (Lipinski definition) is 0. The van der Waals surface area contributed by atoms with Gasteiger partial charge in [0, 0.05) is 24.2 Å². The van der Waals surface area contributed by atoms with Crippen LogP contribution in [0.4, 0.5) is 0 Å². The van der Waals surface area contributed by atoms with Gasteiger partial charge >= 0.3 is 0 Å². The molecule has 2 fully saturated rings. The molecule has 118 valence electrons. The average Bonchev–Trinajstić information content (AvgIpc) is 3.04. The predicted molar refractivity (Wildman–Crippen MR) is 81.0 cm³/mol. The van der Waals surface area contributed by atoms with Crippen LogP contribution in [0.15, 0.2) is 18.2 Å². The molecule has 0 amide bonds. The minimum absolute atomic E-state index is 0.0656. The molecule has 0 N–H and O–H groups in total. The number of fused-ring (bicyclic) bond motifs is 4. The Bertz CT molecular complexity index is 576. The van der Waals surface area contributed by atoms with E-state index in [1.807, 2.05) is 6.07 Å². The summed E-state index contributed by atoms with van der Waals surface area (Å²) in [7, 11) is 1.69. The summed E-state index contributed by atoms with van der Waals surface area (Å²) < 4.78 is 17.4. The van der Waals surface area contributed by atoms with Crippen LogP contribution in [0, 0.1) is 11.8 Å². The molecule has 0 radical (unpaired) electrons. The Hall–Kier alpha value is -1.39. The van der Waals surface area contributed by atoms with E-state index in [2.05, 4.69) is 12.1 Å². The van der Waals surface area contributed by atoms with E-state index in [1.54, 1.807) is 7.11 Å². The van der Waals surface area contributed by atoms with Gasteiger partial charge in [-0.05, 0) is 42.5 Å². The highest BCUT2D eigenvalue weighted by atomic mass is 16.7. The third-order valence-corrected chi connectivity index (χ3v) is 5.67. The van der Waals surface area contributed by atoms with Gasteiger partial charge < -0.3 is 19.0 Å². The quantitative estimate of drug-likeness (QED) is 0.788. The molecule has 1 heterocycles. The topological polar surface area (TPSA) is 44.8 Å². The summed E-state index contributed by atoms with van der Waals surface area (Å²) >= 11 is 0. The minimum atomic E-state index is -0.457. The number of methoxy groups -OCH3 is 1. The first-order valence-corrected chi connectivity index (χ1v) is 8.17. The standard InChI is InChI=1S/C18H22O4/c1-20-14-3-4-15-12(10-14)2-5-16-17(15)13(11-19)6-7-18(16)21-8-9-22-18/h3-4,10-11,13,16-17H,2,5-9H2,1H3/t13-,16+,17-/m1/s1. The maximum Gasteiger partial charge on any atom is 0.171 e. The van der Waals surface area contributed by atoms with Crippen LogP contribution in [0.2, 0.25) is 0 Å². The molecule has 3 aliphatic rings. The van der Waals surface area contributed by atoms with Crippen molar-refractivity contribution in [1.82, 2.24) is 0 Å². The number of aldehydes is 1. The molecule has 4 heteroatoms. The van der Waals surface area contributed by atoms with Gasteiger partial charge in [0.15, 0.2) is 5.79 Å². The second kappa shape index (κ2) is 5.36. The largest absolute Gasteiger partial charge is 0.497 e. The van der Waals surface area contributed by atoms with Gasteiger partial charge in [0.1, 0.15) is 12.0 Å². The molecule has 1 aliphatic heterocycles. The zero-order valence-electron chi connectivity index (χ0n) is 12.9. The summed E-state index contributed by atoms with van der Waals surface area (Å²) in [6.07, 6.45) is 4.82. The lowest BCUT2D eigenvalue weighted by Gasteiger charge is -2.49. The summed E-state index contributed by atoms with van der Waals surface area (Å²) in [5.74, 6) is 0.982. The van der Waals surface area contributed by atoms with E-state index in [-0.39, 0.29) is 17.8 Å². The van der Waals surface area contributed by atoms with Gasteiger partial charge in [0.05, 0.1) is 20.3 Å². The average molecular weight is 302 g/mol. The van der Waals surface area contributed by atoms with Crippen LogP contribution < -0.4 is 4.74 Å². The third kappa shape index (κ3) is 2.01. The van der Waals surface area contributed by atoms with Crippen LogP contribution in [0.5, 0.6) is 5.75 Å². The molecule has 1 spiro atoms. The summed E-state index contributed by atoms with van der Waals surface area (Å²) in [6, 6.07) is 6.25. The fourth-order valence-corrected chi connectivity index (χ4v) is 4.70. The van der Waals surface area contributed by atoms with Gasteiger partial charge in [0.2, 0.25) is 0 Å². The zero-order chi connectivity index (χ0) is 15.2. The van der Waals surface area contributed by atoms with Crippen LogP contribution in [-0.2, 0) is 20.7 Å². The van der Waals surface area contributed by atoms with Crippen LogP contribution >= 0.6 is 0 Å². The van der Waals surface area contributed by atoms with Gasteiger partial charge in [-0.25, -0.2) is 0 Å². The van der Waals surface area contributed by atoms with Crippen molar-refractivity contribution in [3.05, 3.63) is 29.3 Å². The van der Waals surface area contributed by atoms with Crippen molar-refractivity contribution in [3.63, 3.8) is 0 Å². The molecule has 0 unspecified atom stereocenters. The Kier molecular flexibility index (Phi) is 3.46. The Morgan fingerprint density at radius 2 is 2.09 bits per heavy atom. The molecule has 4 nitrogen and oxygen atoms in total. The molecule has 0 aromatic heterocycles. The van der Waals surface area contributed by atoms with Crippen molar-refractivity contribution in [1.29, 1.82) is 0 Å². The lowest BCUT2D eigenvalue weighted by Crippen LogP contribution is -2.50. The summed E-state index contributed by atoms with van der Waals surface area (Å²) in [5.41, 5.74) is 2.59. The zero-order valence-corrected chi connectivity index (χ0v) is 12.9. The number of rotatable bonds is 2. The number of aryl methyl sites for hydroxylation is 1. The highest BCUT2D eigenvalue weighted by molar-refractivity contribution is 5.58. The summed E-state index contributed by atoms with van der Waals surface area (Å²) in [5, 5.41) is 0. The molecule has 4 rings (SSSR count). The van der Waals surface area contributed by atoms with E-state index in [0.29, 0.717) is 13.2 Å². The molecule has 1 saturated carbocycles. The van der Waals surface area contributed by atoms with E-state index in [0.717, 1.165) is 37.7 Å². The first-order chi connectivity index (χ1) is 10.8. The SMILES string of the molecule is COc1ccc2c(c1)CC[C@H]1[C@@H]2[C@@H](C=O)CCC12OCCO2. The van der Waals surface area contributed by atoms with Gasteiger partial charge in [-0.2, -0.15) is 0 Å². The molecule has 2 aliphatic carbocycles. The van der Waals surface area contributed by atoms with Crippen molar-refractivity contribution in [2.45, 2.75) is 37.4 Å². The maximum absolute atomic E-state index is 11.6. The van der Waals surface area contributed by atoms with Gasteiger partial charge in [-0.3, -0.25) is 0 Å². The van der Waals surface area contributed by atoms with Gasteiger partial charge in [0.25, 0.3) is 0 Å². The van der Waals surface area contributed by atoms with Crippen molar-refractivity contribution in [2.75, 3.05) is 20.3 Å². The Labute approximate surface area is 130 Å². The number of benzene rings is 1. The van der Waals surface area contributed by atoms with E-state index < -0.39 is 5.79 Å². The monoisotopic (exact) mass is 302 g/mol. The normalized spacial score (nSPS) is 32.3. The summed E-state index contributed by atoms with van der Waals surface area (Å²) in [6.45, 7) is 1.34. The van der Waals surface area contributed by atoms with Gasteiger partial charge in [-0.1, -0.05) is 6.07 Å². The van der Waals surface area contributed by atoms with Crippen LogP contribution in [0.1, 0.15) is 36.3 Å². The number of ether oxygens (including phenoxy) is 3. The molecule has 1 aromatic carbocycles. The second-order valence-corrected chi connectivity index (χ2v) is 6.58. The van der Waals surface area contributed by atoms with E-state index in [1.165, 1.54) is 11.1 Å². The second-order valence-electron chi connectivity index (χ2n) is 6.58. The highest BCUT2D eigenvalue weighted by Gasteiger charge is 2.54. The molecule has 3 atom stereocenters. The Balaban J connectivity index is 1.76. The molecule has 0 bridgehead atoms. The van der Waals surface area contributed by atoms with Crippen LogP contribution in [-0.4, -0.2) is 32.4 Å². The van der Waals surface area contributed by atoms with E-state index in [9.17, 15) is 4.79 Å². The van der Waals surface area contributed by atoms with E-state index >= 15 is 0 Å². The maximum atomic E-state index is 11.6. The van der Waals surface area contributed by atoms with Crippen molar-refractivity contribution in [3.8, 4) is 5.75 Å². The number of carbonyl (C=O) groups is 1. The van der Waals surface area contributed by atoms with Crippen molar-refractivity contribution < 1.29 is 19.0 Å². The fraction of sp³-hybridized carbons (Fsp3) is 0.611. The minimum Gasteiger partial charge on any atom is -0.497 e. The highest BCUT2D eigenvalue weighted by Crippen LogP contribution is 2.54. The molecular weight excluding hydrogens is 280 g/mol. The van der Waals surface area contributed by atoms with Crippen molar-refractivity contribution in [2.24, 2.45) is 11.8 Å². The molecule has 1 aromatic rings. The number of hydrogen-bond acceptors (Lipinski definition) is 4. The summed E-state index contributed by atoms with van der Waals surface area (Å²) in [4.78, 5) is 11.6. The Morgan fingerprint density at radius 1 is 1.27 bits per heavy atom.